The maximum atomic E-state index is 12.7. The normalized spacial score (nSPS) is 16.4. The van der Waals surface area contributed by atoms with Crippen LogP contribution in [0.3, 0.4) is 0 Å². The molecule has 1 aliphatic rings. The number of aromatic nitrogens is 2. The Morgan fingerprint density at radius 1 is 1.10 bits per heavy atom. The molecule has 0 saturated carbocycles. The highest BCUT2D eigenvalue weighted by atomic mass is 16.2. The van der Waals surface area contributed by atoms with Crippen molar-refractivity contribution in [3.8, 4) is 0 Å². The fourth-order valence-electron chi connectivity index (χ4n) is 3.72. The van der Waals surface area contributed by atoms with Gasteiger partial charge in [-0.15, -0.1) is 0 Å². The van der Waals surface area contributed by atoms with Crippen molar-refractivity contribution in [3.63, 3.8) is 0 Å². The molecule has 2 atom stereocenters. The summed E-state index contributed by atoms with van der Waals surface area (Å²) in [6.45, 7) is 7.88. The highest BCUT2D eigenvalue weighted by molar-refractivity contribution is 5.89. The Bertz CT molecular complexity index is 932. The monoisotopic (exact) mass is 428 g/mol. The van der Waals surface area contributed by atoms with Crippen LogP contribution in [0.25, 0.3) is 10.9 Å². The third-order valence-electron chi connectivity index (χ3n) is 5.84. The Morgan fingerprint density at radius 3 is 2.45 bits per heavy atom. The summed E-state index contributed by atoms with van der Waals surface area (Å²) < 4.78 is 2.03. The standard InChI is InChI=1S/C22H32N6O3/c1-15(2)20(23)21(30)25-16(3)22(31)28-12-10-27(11-13-28)19(29)6-9-26-8-5-17-4-7-24-14-18(17)26/h4-5,7-8,14-16,20H,6,9-13,23H2,1-3H3,(H,25,30)/t16-,20-/m1/s1. The second-order valence-corrected chi connectivity index (χ2v) is 8.40. The molecule has 168 valence electrons. The summed E-state index contributed by atoms with van der Waals surface area (Å²) in [4.78, 5) is 45.1. The lowest BCUT2D eigenvalue weighted by Crippen LogP contribution is -2.57. The Balaban J connectivity index is 1.45. The Morgan fingerprint density at radius 2 is 1.77 bits per heavy atom. The van der Waals surface area contributed by atoms with Crippen LogP contribution in [0.15, 0.2) is 30.7 Å². The van der Waals surface area contributed by atoms with Gasteiger partial charge < -0.3 is 25.4 Å². The van der Waals surface area contributed by atoms with Gasteiger partial charge in [0.2, 0.25) is 17.7 Å². The van der Waals surface area contributed by atoms with E-state index >= 15 is 0 Å². The molecule has 0 unspecified atom stereocenters. The largest absolute Gasteiger partial charge is 0.346 e. The van der Waals surface area contributed by atoms with Gasteiger partial charge in [-0.3, -0.25) is 19.4 Å². The minimum absolute atomic E-state index is 0.00217. The number of piperazine rings is 1. The predicted molar refractivity (Wildman–Crippen MR) is 118 cm³/mol. The molecule has 3 amide bonds. The molecule has 1 fully saturated rings. The number of pyridine rings is 1. The van der Waals surface area contributed by atoms with Crippen molar-refractivity contribution in [1.82, 2.24) is 24.7 Å². The molecule has 31 heavy (non-hydrogen) atoms. The predicted octanol–water partition coefficient (Wildman–Crippen LogP) is 0.585. The van der Waals surface area contributed by atoms with Gasteiger partial charge in [0, 0.05) is 56.9 Å². The van der Waals surface area contributed by atoms with Gasteiger partial charge in [-0.25, -0.2) is 0 Å². The molecule has 0 radical (unpaired) electrons. The number of rotatable bonds is 7. The lowest BCUT2D eigenvalue weighted by molar-refractivity contribution is -0.141. The summed E-state index contributed by atoms with van der Waals surface area (Å²) in [6, 6.07) is 2.68. The van der Waals surface area contributed by atoms with Gasteiger partial charge in [-0.1, -0.05) is 13.8 Å². The van der Waals surface area contributed by atoms with Crippen LogP contribution in [0, 0.1) is 5.92 Å². The van der Waals surface area contributed by atoms with Crippen molar-refractivity contribution in [1.29, 1.82) is 0 Å². The van der Waals surface area contributed by atoms with Crippen molar-refractivity contribution in [2.75, 3.05) is 26.2 Å². The second-order valence-electron chi connectivity index (χ2n) is 8.40. The molecule has 9 nitrogen and oxygen atoms in total. The molecule has 1 saturated heterocycles. The van der Waals surface area contributed by atoms with E-state index in [0.717, 1.165) is 10.9 Å². The molecule has 2 aromatic rings. The smallest absolute Gasteiger partial charge is 0.244 e. The van der Waals surface area contributed by atoms with E-state index in [-0.39, 0.29) is 23.6 Å². The van der Waals surface area contributed by atoms with Crippen molar-refractivity contribution in [2.45, 2.75) is 45.8 Å². The minimum atomic E-state index is -0.643. The van der Waals surface area contributed by atoms with Gasteiger partial charge in [-0.2, -0.15) is 0 Å². The second kappa shape index (κ2) is 9.91. The first kappa shape index (κ1) is 22.7. The zero-order valence-corrected chi connectivity index (χ0v) is 18.5. The van der Waals surface area contributed by atoms with E-state index in [9.17, 15) is 14.4 Å². The van der Waals surface area contributed by atoms with E-state index in [1.54, 1.807) is 29.1 Å². The lowest BCUT2D eigenvalue weighted by Gasteiger charge is -2.36. The average Bonchev–Trinajstić information content (AvgIpc) is 3.19. The highest BCUT2D eigenvalue weighted by Crippen LogP contribution is 2.15. The van der Waals surface area contributed by atoms with Gasteiger partial charge in [0.05, 0.1) is 17.8 Å². The fourth-order valence-corrected chi connectivity index (χ4v) is 3.72. The molecular formula is C22H32N6O3. The molecule has 9 heteroatoms. The molecule has 3 rings (SSSR count). The van der Waals surface area contributed by atoms with E-state index < -0.39 is 12.1 Å². The number of amides is 3. The first-order chi connectivity index (χ1) is 14.8. The van der Waals surface area contributed by atoms with Crippen molar-refractivity contribution in [3.05, 3.63) is 30.7 Å². The molecule has 0 aromatic carbocycles. The van der Waals surface area contributed by atoms with Crippen LogP contribution in [0.2, 0.25) is 0 Å². The zero-order valence-electron chi connectivity index (χ0n) is 18.5. The van der Waals surface area contributed by atoms with E-state index in [2.05, 4.69) is 10.3 Å². The Labute approximate surface area is 182 Å². The summed E-state index contributed by atoms with van der Waals surface area (Å²) in [5.74, 6) is -0.403. The molecule has 0 aliphatic carbocycles. The van der Waals surface area contributed by atoms with Gasteiger partial charge in [0.1, 0.15) is 6.04 Å². The van der Waals surface area contributed by atoms with Gasteiger partial charge in [0.15, 0.2) is 0 Å². The summed E-state index contributed by atoms with van der Waals surface area (Å²) >= 11 is 0. The fraction of sp³-hybridized carbons (Fsp3) is 0.545. The number of fused-ring (bicyclic) bond motifs is 1. The van der Waals surface area contributed by atoms with Crippen LogP contribution < -0.4 is 11.1 Å². The maximum absolute atomic E-state index is 12.7. The number of carbonyl (C=O) groups excluding carboxylic acids is 3. The lowest BCUT2D eigenvalue weighted by atomic mass is 10.0. The third kappa shape index (κ3) is 5.41. The van der Waals surface area contributed by atoms with Crippen LogP contribution in [-0.2, 0) is 20.9 Å². The van der Waals surface area contributed by atoms with E-state index in [0.29, 0.717) is 39.1 Å². The first-order valence-electron chi connectivity index (χ1n) is 10.8. The van der Waals surface area contributed by atoms with E-state index in [4.69, 9.17) is 5.73 Å². The first-order valence-corrected chi connectivity index (χ1v) is 10.8. The summed E-state index contributed by atoms with van der Waals surface area (Å²) in [5, 5.41) is 3.80. The molecular weight excluding hydrogens is 396 g/mol. The molecule has 1 aliphatic heterocycles. The van der Waals surface area contributed by atoms with Crippen LogP contribution in [0.1, 0.15) is 27.2 Å². The van der Waals surface area contributed by atoms with Gasteiger partial charge in [-0.05, 0) is 25.0 Å². The van der Waals surface area contributed by atoms with Gasteiger partial charge >= 0.3 is 0 Å². The van der Waals surface area contributed by atoms with E-state index in [1.165, 1.54) is 0 Å². The number of hydrogen-bond donors (Lipinski definition) is 2. The third-order valence-corrected chi connectivity index (χ3v) is 5.84. The van der Waals surface area contributed by atoms with Crippen LogP contribution in [0.4, 0.5) is 0 Å². The molecule has 3 heterocycles. The summed E-state index contributed by atoms with van der Waals surface area (Å²) in [6.07, 6.45) is 5.92. The Hall–Kier alpha value is -2.94. The van der Waals surface area contributed by atoms with Crippen molar-refractivity contribution < 1.29 is 14.4 Å². The van der Waals surface area contributed by atoms with Crippen LogP contribution >= 0.6 is 0 Å². The van der Waals surface area contributed by atoms with Crippen LogP contribution in [0.5, 0.6) is 0 Å². The topological polar surface area (TPSA) is 114 Å². The molecule has 3 N–H and O–H groups in total. The van der Waals surface area contributed by atoms with Crippen molar-refractivity contribution >= 4 is 28.6 Å². The number of nitrogens with zero attached hydrogens (tertiary/aromatic N) is 4. The quantitative estimate of drug-likeness (QED) is 0.670. The summed E-state index contributed by atoms with van der Waals surface area (Å²) in [7, 11) is 0. The SMILES string of the molecule is CC(C)[C@@H](N)C(=O)N[C@H](C)C(=O)N1CCN(C(=O)CCn2ccc3ccncc32)CC1. The average molecular weight is 429 g/mol. The number of nitrogens with two attached hydrogens (primary N) is 1. The zero-order chi connectivity index (χ0) is 22.5. The number of aryl methyl sites for hydroxylation is 1. The maximum Gasteiger partial charge on any atom is 0.244 e. The molecule has 2 aromatic heterocycles. The highest BCUT2D eigenvalue weighted by Gasteiger charge is 2.29. The number of carbonyl (C=O) groups is 3. The Kier molecular flexibility index (Phi) is 7.27. The van der Waals surface area contributed by atoms with Crippen molar-refractivity contribution in [2.24, 2.45) is 11.7 Å². The minimum Gasteiger partial charge on any atom is -0.346 e. The molecule has 0 bridgehead atoms. The van der Waals surface area contributed by atoms with Crippen LogP contribution in [-0.4, -0.2) is 75.3 Å². The van der Waals surface area contributed by atoms with E-state index in [1.807, 2.05) is 36.7 Å². The summed E-state index contributed by atoms with van der Waals surface area (Å²) in [5.41, 5.74) is 6.86. The number of hydrogen-bond acceptors (Lipinski definition) is 5. The number of nitrogens with one attached hydrogen (secondary N) is 1. The molecule has 0 spiro atoms. The van der Waals surface area contributed by atoms with Gasteiger partial charge in [0.25, 0.3) is 0 Å².